The summed E-state index contributed by atoms with van der Waals surface area (Å²) in [5.41, 5.74) is 7.94. The number of rotatable bonds is 4. The Labute approximate surface area is 113 Å². The Bertz CT molecular complexity index is 555. The third-order valence-electron chi connectivity index (χ3n) is 3.80. The van der Waals surface area contributed by atoms with Crippen LogP contribution in [0.2, 0.25) is 5.02 Å². The van der Waals surface area contributed by atoms with Gasteiger partial charge in [-0.2, -0.15) is 0 Å². The number of nitrogens with two attached hydrogens (primary N) is 1. The first-order chi connectivity index (χ1) is 8.55. The Kier molecular flexibility index (Phi) is 3.64. The van der Waals surface area contributed by atoms with Crippen molar-refractivity contribution in [2.45, 2.75) is 39.2 Å². The maximum atomic E-state index is 6.03. The minimum Gasteiger partial charge on any atom is -0.329 e. The Hall–Kier alpha value is -1.06. The lowest BCUT2D eigenvalue weighted by atomic mass is 9.86. The summed E-state index contributed by atoms with van der Waals surface area (Å²) in [6.45, 7) is 7.94. The standard InChI is InChI=1S/C14H20ClN3/c1-4-14(3,9-16)13-17-11-8-10(15)6-7-12(11)18(13)5-2/h6-8H,4-5,9,16H2,1-3H3. The number of aryl methyl sites for hydroxylation is 1. The van der Waals surface area contributed by atoms with E-state index in [4.69, 9.17) is 22.3 Å². The van der Waals surface area contributed by atoms with Gasteiger partial charge in [0, 0.05) is 23.5 Å². The molecule has 0 bridgehead atoms. The summed E-state index contributed by atoms with van der Waals surface area (Å²) in [5, 5.41) is 0.723. The van der Waals surface area contributed by atoms with Gasteiger partial charge < -0.3 is 10.3 Å². The van der Waals surface area contributed by atoms with Gasteiger partial charge in [-0.15, -0.1) is 0 Å². The zero-order valence-corrected chi connectivity index (χ0v) is 12.0. The van der Waals surface area contributed by atoms with Crippen LogP contribution in [-0.2, 0) is 12.0 Å². The van der Waals surface area contributed by atoms with E-state index in [2.05, 4.69) is 25.3 Å². The summed E-state index contributed by atoms with van der Waals surface area (Å²) in [6.07, 6.45) is 0.973. The van der Waals surface area contributed by atoms with E-state index >= 15 is 0 Å². The SMILES string of the molecule is CCn1c(C(C)(CC)CN)nc2cc(Cl)ccc21. The largest absolute Gasteiger partial charge is 0.329 e. The van der Waals surface area contributed by atoms with Crippen LogP contribution in [0.25, 0.3) is 11.0 Å². The molecule has 0 amide bonds. The van der Waals surface area contributed by atoms with Crippen LogP contribution in [0.4, 0.5) is 0 Å². The molecule has 18 heavy (non-hydrogen) atoms. The molecule has 0 fully saturated rings. The second-order valence-corrected chi connectivity index (χ2v) is 5.37. The topological polar surface area (TPSA) is 43.8 Å². The summed E-state index contributed by atoms with van der Waals surface area (Å²) in [6, 6.07) is 5.86. The lowest BCUT2D eigenvalue weighted by Gasteiger charge is -2.26. The molecule has 1 aromatic heterocycles. The van der Waals surface area contributed by atoms with Crippen LogP contribution < -0.4 is 5.73 Å². The van der Waals surface area contributed by atoms with E-state index in [1.807, 2.05) is 18.2 Å². The number of imidazole rings is 1. The van der Waals surface area contributed by atoms with Crippen molar-refractivity contribution in [3.05, 3.63) is 29.0 Å². The normalized spacial score (nSPS) is 14.9. The molecule has 3 nitrogen and oxygen atoms in total. The van der Waals surface area contributed by atoms with E-state index in [1.54, 1.807) is 0 Å². The van der Waals surface area contributed by atoms with Crippen LogP contribution in [0.3, 0.4) is 0 Å². The molecular weight excluding hydrogens is 246 g/mol. The molecule has 0 saturated heterocycles. The van der Waals surface area contributed by atoms with Gasteiger partial charge in [0.15, 0.2) is 0 Å². The molecule has 0 aliphatic heterocycles. The van der Waals surface area contributed by atoms with E-state index in [0.29, 0.717) is 6.54 Å². The van der Waals surface area contributed by atoms with E-state index in [0.717, 1.165) is 34.8 Å². The van der Waals surface area contributed by atoms with Crippen LogP contribution in [0.5, 0.6) is 0 Å². The van der Waals surface area contributed by atoms with Gasteiger partial charge in [0.2, 0.25) is 0 Å². The Balaban J connectivity index is 2.71. The Morgan fingerprint density at radius 1 is 1.39 bits per heavy atom. The number of aromatic nitrogens is 2. The summed E-state index contributed by atoms with van der Waals surface area (Å²) in [5.74, 6) is 1.06. The maximum Gasteiger partial charge on any atom is 0.117 e. The monoisotopic (exact) mass is 265 g/mol. The molecule has 0 saturated carbocycles. The fraction of sp³-hybridized carbons (Fsp3) is 0.500. The predicted molar refractivity (Wildman–Crippen MR) is 77.1 cm³/mol. The molecule has 0 aliphatic carbocycles. The van der Waals surface area contributed by atoms with Gasteiger partial charge in [-0.25, -0.2) is 4.98 Å². The van der Waals surface area contributed by atoms with E-state index in [1.165, 1.54) is 0 Å². The number of benzene rings is 1. The Morgan fingerprint density at radius 3 is 2.67 bits per heavy atom. The summed E-state index contributed by atoms with van der Waals surface area (Å²) >= 11 is 6.03. The highest BCUT2D eigenvalue weighted by Crippen LogP contribution is 2.30. The fourth-order valence-corrected chi connectivity index (χ4v) is 2.44. The molecule has 1 aromatic carbocycles. The third kappa shape index (κ3) is 2.02. The van der Waals surface area contributed by atoms with Crippen molar-refractivity contribution in [1.29, 1.82) is 0 Å². The Morgan fingerprint density at radius 2 is 2.11 bits per heavy atom. The average Bonchev–Trinajstić information content (AvgIpc) is 2.75. The number of nitrogens with zero attached hydrogens (tertiary/aromatic N) is 2. The van der Waals surface area contributed by atoms with Crippen LogP contribution >= 0.6 is 11.6 Å². The van der Waals surface area contributed by atoms with Gasteiger partial charge >= 0.3 is 0 Å². The maximum absolute atomic E-state index is 6.03. The third-order valence-corrected chi connectivity index (χ3v) is 4.03. The van der Waals surface area contributed by atoms with Crippen molar-refractivity contribution in [3.63, 3.8) is 0 Å². The number of hydrogen-bond donors (Lipinski definition) is 1. The van der Waals surface area contributed by atoms with Gasteiger partial charge in [0.25, 0.3) is 0 Å². The predicted octanol–water partition coefficient (Wildman–Crippen LogP) is 3.34. The molecule has 0 aliphatic rings. The second kappa shape index (κ2) is 4.90. The minimum atomic E-state index is -0.0818. The summed E-state index contributed by atoms with van der Waals surface area (Å²) in [4.78, 5) is 4.76. The van der Waals surface area contributed by atoms with Gasteiger partial charge in [-0.05, 0) is 31.5 Å². The quantitative estimate of drug-likeness (QED) is 0.921. The summed E-state index contributed by atoms with van der Waals surface area (Å²) < 4.78 is 2.24. The van der Waals surface area contributed by atoms with E-state index < -0.39 is 0 Å². The smallest absolute Gasteiger partial charge is 0.117 e. The number of hydrogen-bond acceptors (Lipinski definition) is 2. The van der Waals surface area contributed by atoms with Crippen molar-refractivity contribution in [1.82, 2.24) is 9.55 Å². The van der Waals surface area contributed by atoms with Crippen molar-refractivity contribution in [2.24, 2.45) is 5.73 Å². The fourth-order valence-electron chi connectivity index (χ4n) is 2.28. The highest BCUT2D eigenvalue weighted by atomic mass is 35.5. The number of halogens is 1. The molecule has 2 N–H and O–H groups in total. The molecule has 1 atom stereocenters. The molecule has 0 spiro atoms. The average molecular weight is 266 g/mol. The first-order valence-electron chi connectivity index (χ1n) is 6.42. The van der Waals surface area contributed by atoms with Crippen molar-refractivity contribution >= 4 is 22.6 Å². The van der Waals surface area contributed by atoms with Crippen molar-refractivity contribution in [3.8, 4) is 0 Å². The lowest BCUT2D eigenvalue weighted by molar-refractivity contribution is 0.420. The van der Waals surface area contributed by atoms with Crippen LogP contribution in [-0.4, -0.2) is 16.1 Å². The van der Waals surface area contributed by atoms with Crippen molar-refractivity contribution < 1.29 is 0 Å². The molecule has 0 radical (unpaired) electrons. The van der Waals surface area contributed by atoms with Crippen LogP contribution in [0, 0.1) is 0 Å². The molecule has 2 aromatic rings. The number of fused-ring (bicyclic) bond motifs is 1. The first kappa shape index (κ1) is 13.4. The second-order valence-electron chi connectivity index (χ2n) is 4.93. The first-order valence-corrected chi connectivity index (χ1v) is 6.80. The summed E-state index contributed by atoms with van der Waals surface area (Å²) in [7, 11) is 0. The zero-order valence-electron chi connectivity index (χ0n) is 11.2. The molecular formula is C14H20ClN3. The zero-order chi connectivity index (χ0) is 13.3. The van der Waals surface area contributed by atoms with Crippen LogP contribution in [0.15, 0.2) is 18.2 Å². The van der Waals surface area contributed by atoms with E-state index in [9.17, 15) is 0 Å². The molecule has 4 heteroatoms. The molecule has 1 heterocycles. The van der Waals surface area contributed by atoms with Gasteiger partial charge in [0.1, 0.15) is 5.82 Å². The van der Waals surface area contributed by atoms with E-state index in [-0.39, 0.29) is 5.41 Å². The van der Waals surface area contributed by atoms with Gasteiger partial charge in [-0.3, -0.25) is 0 Å². The highest BCUT2D eigenvalue weighted by molar-refractivity contribution is 6.31. The van der Waals surface area contributed by atoms with Gasteiger partial charge in [0.05, 0.1) is 11.0 Å². The lowest BCUT2D eigenvalue weighted by Crippen LogP contribution is -2.34. The molecule has 98 valence electrons. The van der Waals surface area contributed by atoms with Crippen LogP contribution in [0.1, 0.15) is 33.0 Å². The minimum absolute atomic E-state index is 0.0818. The highest BCUT2D eigenvalue weighted by Gasteiger charge is 2.29. The van der Waals surface area contributed by atoms with Gasteiger partial charge in [-0.1, -0.05) is 25.4 Å². The molecule has 1 unspecified atom stereocenters. The van der Waals surface area contributed by atoms with Crippen molar-refractivity contribution in [2.75, 3.05) is 6.54 Å². The molecule has 2 rings (SSSR count).